The molecule has 1 nitrogen and oxygen atoms in total. The Hall–Kier alpha value is -0.890. The van der Waals surface area contributed by atoms with Crippen molar-refractivity contribution < 1.29 is 4.39 Å². The van der Waals surface area contributed by atoms with E-state index in [1.54, 1.807) is 6.07 Å². The summed E-state index contributed by atoms with van der Waals surface area (Å²) in [5.74, 6) is -0.127. The Morgan fingerprint density at radius 3 is 2.93 bits per heavy atom. The van der Waals surface area contributed by atoms with Crippen molar-refractivity contribution in [3.8, 4) is 0 Å². The van der Waals surface area contributed by atoms with E-state index >= 15 is 0 Å². The Morgan fingerprint density at radius 1 is 1.36 bits per heavy atom. The van der Waals surface area contributed by atoms with Gasteiger partial charge >= 0.3 is 0 Å². The summed E-state index contributed by atoms with van der Waals surface area (Å²) >= 11 is 0. The fourth-order valence-electron chi connectivity index (χ4n) is 2.10. The van der Waals surface area contributed by atoms with Crippen LogP contribution in [0.25, 0.3) is 0 Å². The third-order valence-corrected chi connectivity index (χ3v) is 2.93. The minimum atomic E-state index is -0.127. The molecule has 1 aliphatic rings. The molecule has 1 atom stereocenters. The number of hydrogen-bond acceptors (Lipinski definition) is 1. The van der Waals surface area contributed by atoms with Crippen molar-refractivity contribution in [3.05, 3.63) is 35.1 Å². The van der Waals surface area contributed by atoms with Crippen LogP contribution in [0, 0.1) is 12.7 Å². The molecule has 0 amide bonds. The highest BCUT2D eigenvalue weighted by Crippen LogP contribution is 2.25. The molecule has 1 aliphatic heterocycles. The normalized spacial score (nSPS) is 22.3. The smallest absolute Gasteiger partial charge is 0.123 e. The van der Waals surface area contributed by atoms with Crippen LogP contribution in [0.15, 0.2) is 18.2 Å². The van der Waals surface area contributed by atoms with Gasteiger partial charge in [-0.2, -0.15) is 0 Å². The van der Waals surface area contributed by atoms with Crippen LogP contribution in [0.4, 0.5) is 4.39 Å². The summed E-state index contributed by atoms with van der Waals surface area (Å²) in [6, 6.07) is 5.42. The Morgan fingerprint density at radius 2 is 2.21 bits per heavy atom. The monoisotopic (exact) mass is 193 g/mol. The topological polar surface area (TPSA) is 12.0 Å². The molecule has 1 aromatic carbocycles. The van der Waals surface area contributed by atoms with Crippen molar-refractivity contribution in [1.82, 2.24) is 5.32 Å². The van der Waals surface area contributed by atoms with Gasteiger partial charge in [-0.1, -0.05) is 12.5 Å². The molecule has 1 unspecified atom stereocenters. The molecule has 2 heteroatoms. The van der Waals surface area contributed by atoms with Crippen LogP contribution in [0.5, 0.6) is 0 Å². The maximum absolute atomic E-state index is 13.1. The highest BCUT2D eigenvalue weighted by atomic mass is 19.1. The predicted octanol–water partition coefficient (Wildman–Crippen LogP) is 2.95. The number of rotatable bonds is 1. The van der Waals surface area contributed by atoms with Gasteiger partial charge in [0.25, 0.3) is 0 Å². The number of halogens is 1. The molecular formula is C12H16FN. The van der Waals surface area contributed by atoms with Crippen molar-refractivity contribution >= 4 is 0 Å². The second-order valence-electron chi connectivity index (χ2n) is 4.00. The summed E-state index contributed by atoms with van der Waals surface area (Å²) in [5.41, 5.74) is 2.32. The van der Waals surface area contributed by atoms with Gasteiger partial charge in [-0.25, -0.2) is 4.39 Å². The molecule has 0 bridgehead atoms. The first kappa shape index (κ1) is 9.66. The number of piperidine rings is 1. The maximum Gasteiger partial charge on any atom is 0.123 e. The van der Waals surface area contributed by atoms with Crippen LogP contribution in [0.1, 0.15) is 36.4 Å². The molecule has 0 spiro atoms. The maximum atomic E-state index is 13.1. The Bertz CT molecular complexity index is 316. The summed E-state index contributed by atoms with van der Waals surface area (Å²) < 4.78 is 13.1. The number of hydrogen-bond donors (Lipinski definition) is 1. The first-order valence-corrected chi connectivity index (χ1v) is 5.27. The summed E-state index contributed by atoms with van der Waals surface area (Å²) in [6.45, 7) is 3.10. The predicted molar refractivity (Wildman–Crippen MR) is 55.7 cm³/mol. The van der Waals surface area contributed by atoms with Crippen LogP contribution in [-0.4, -0.2) is 6.54 Å². The average molecular weight is 193 g/mol. The molecule has 1 N–H and O–H groups in total. The molecule has 1 heterocycles. The van der Waals surface area contributed by atoms with Gasteiger partial charge in [0.2, 0.25) is 0 Å². The first-order chi connectivity index (χ1) is 6.77. The van der Waals surface area contributed by atoms with E-state index in [1.165, 1.54) is 24.5 Å². The quantitative estimate of drug-likeness (QED) is 0.723. The summed E-state index contributed by atoms with van der Waals surface area (Å²) in [5, 5.41) is 3.44. The van der Waals surface area contributed by atoms with E-state index in [0.29, 0.717) is 6.04 Å². The van der Waals surface area contributed by atoms with Crippen LogP contribution >= 0.6 is 0 Å². The van der Waals surface area contributed by atoms with Gasteiger partial charge in [0.05, 0.1) is 0 Å². The minimum Gasteiger partial charge on any atom is -0.310 e. The standard InChI is InChI=1S/C12H16FN/c1-9-5-6-10(13)8-11(9)12-4-2-3-7-14-12/h5-6,8,12,14H,2-4,7H2,1H3. The molecule has 0 radical (unpaired) electrons. The van der Waals surface area contributed by atoms with Crippen LogP contribution in [0.2, 0.25) is 0 Å². The lowest BCUT2D eigenvalue weighted by Crippen LogP contribution is -2.27. The fourth-order valence-corrected chi connectivity index (χ4v) is 2.10. The van der Waals surface area contributed by atoms with Crippen molar-refractivity contribution in [3.63, 3.8) is 0 Å². The fraction of sp³-hybridized carbons (Fsp3) is 0.500. The largest absolute Gasteiger partial charge is 0.310 e. The van der Waals surface area contributed by atoms with Crippen molar-refractivity contribution in [2.45, 2.75) is 32.2 Å². The first-order valence-electron chi connectivity index (χ1n) is 5.27. The van der Waals surface area contributed by atoms with Gasteiger partial charge in [0, 0.05) is 6.04 Å². The van der Waals surface area contributed by atoms with E-state index in [-0.39, 0.29) is 5.82 Å². The zero-order valence-electron chi connectivity index (χ0n) is 8.52. The lowest BCUT2D eigenvalue weighted by atomic mass is 9.94. The summed E-state index contributed by atoms with van der Waals surface area (Å²) in [7, 11) is 0. The second kappa shape index (κ2) is 4.09. The van der Waals surface area contributed by atoms with Gasteiger partial charge in [0.1, 0.15) is 5.82 Å². The Labute approximate surface area is 84.3 Å². The molecule has 1 aromatic rings. The van der Waals surface area contributed by atoms with E-state index in [4.69, 9.17) is 0 Å². The lowest BCUT2D eigenvalue weighted by molar-refractivity contribution is 0.409. The van der Waals surface area contributed by atoms with Gasteiger partial charge in [0.15, 0.2) is 0 Å². The van der Waals surface area contributed by atoms with E-state index in [2.05, 4.69) is 5.32 Å². The number of benzene rings is 1. The van der Waals surface area contributed by atoms with Crippen LogP contribution in [-0.2, 0) is 0 Å². The lowest BCUT2D eigenvalue weighted by Gasteiger charge is -2.25. The molecule has 0 aliphatic carbocycles. The molecular weight excluding hydrogens is 177 g/mol. The van der Waals surface area contributed by atoms with E-state index in [1.807, 2.05) is 13.0 Å². The number of nitrogens with one attached hydrogen (secondary N) is 1. The van der Waals surface area contributed by atoms with E-state index in [0.717, 1.165) is 18.5 Å². The third-order valence-electron chi connectivity index (χ3n) is 2.93. The molecule has 14 heavy (non-hydrogen) atoms. The van der Waals surface area contributed by atoms with Gasteiger partial charge < -0.3 is 5.32 Å². The zero-order valence-corrected chi connectivity index (χ0v) is 8.52. The molecule has 1 fully saturated rings. The molecule has 2 rings (SSSR count). The van der Waals surface area contributed by atoms with Gasteiger partial charge in [-0.3, -0.25) is 0 Å². The van der Waals surface area contributed by atoms with Crippen molar-refractivity contribution in [2.75, 3.05) is 6.54 Å². The molecule has 1 saturated heterocycles. The van der Waals surface area contributed by atoms with Gasteiger partial charge in [-0.15, -0.1) is 0 Å². The highest BCUT2D eigenvalue weighted by Gasteiger charge is 2.16. The minimum absolute atomic E-state index is 0.127. The Balaban J connectivity index is 2.24. The van der Waals surface area contributed by atoms with Crippen LogP contribution in [0.3, 0.4) is 0 Å². The molecule has 0 saturated carbocycles. The zero-order chi connectivity index (χ0) is 9.97. The average Bonchev–Trinajstić information content (AvgIpc) is 2.23. The van der Waals surface area contributed by atoms with E-state index < -0.39 is 0 Å². The SMILES string of the molecule is Cc1ccc(F)cc1C1CCCCN1. The second-order valence-corrected chi connectivity index (χ2v) is 4.00. The van der Waals surface area contributed by atoms with Crippen molar-refractivity contribution in [1.29, 1.82) is 0 Å². The molecule has 0 aromatic heterocycles. The summed E-state index contributed by atoms with van der Waals surface area (Å²) in [6.07, 6.45) is 3.61. The van der Waals surface area contributed by atoms with E-state index in [9.17, 15) is 4.39 Å². The number of aryl methyl sites for hydroxylation is 1. The van der Waals surface area contributed by atoms with Gasteiger partial charge in [-0.05, 0) is 49.6 Å². The molecule has 76 valence electrons. The summed E-state index contributed by atoms with van der Waals surface area (Å²) in [4.78, 5) is 0. The van der Waals surface area contributed by atoms with Crippen molar-refractivity contribution in [2.24, 2.45) is 0 Å². The Kier molecular flexibility index (Phi) is 2.82. The van der Waals surface area contributed by atoms with Crippen LogP contribution < -0.4 is 5.32 Å². The highest BCUT2D eigenvalue weighted by molar-refractivity contribution is 5.29. The third kappa shape index (κ3) is 1.95.